The van der Waals surface area contributed by atoms with Gasteiger partial charge in [0.2, 0.25) is 5.91 Å². The summed E-state index contributed by atoms with van der Waals surface area (Å²) in [6.45, 7) is 0. The van der Waals surface area contributed by atoms with E-state index in [0.29, 0.717) is 0 Å². The molecule has 0 rings (SSSR count). The maximum Gasteiger partial charge on any atom is 0.460 e. The van der Waals surface area contributed by atoms with Gasteiger partial charge in [-0.05, 0) is 6.42 Å². The summed E-state index contributed by atoms with van der Waals surface area (Å²) >= 11 is 0. The lowest BCUT2D eigenvalue weighted by atomic mass is 9.91. The molecule has 0 unspecified atom stereocenters. The van der Waals surface area contributed by atoms with Gasteiger partial charge in [0, 0.05) is 6.42 Å². The molecular formula is C13H9F17N2O5S. The van der Waals surface area contributed by atoms with E-state index in [1.54, 1.807) is 0 Å². The average Bonchev–Trinajstić information content (AvgIpc) is 2.69. The molecule has 0 aromatic rings. The number of nitrogens with two attached hydrogens (primary N) is 2. The molecule has 0 aromatic carbocycles. The largest absolute Gasteiger partial charge is 0.460 e. The van der Waals surface area contributed by atoms with E-state index in [0.717, 1.165) is 0 Å². The Labute approximate surface area is 197 Å². The molecule has 0 saturated heterocycles. The Kier molecular flexibility index (Phi) is 9.09. The van der Waals surface area contributed by atoms with Gasteiger partial charge in [0.05, 0.1) is 0 Å². The van der Waals surface area contributed by atoms with E-state index >= 15 is 0 Å². The first-order chi connectivity index (χ1) is 16.2. The second kappa shape index (κ2) is 9.69. The number of hydrogen-bond acceptors (Lipinski definition) is 6. The lowest BCUT2D eigenvalue weighted by molar-refractivity contribution is -0.458. The number of amides is 1. The van der Waals surface area contributed by atoms with Crippen LogP contribution in [0.2, 0.25) is 0 Å². The number of carbonyl (C=O) groups is 2. The van der Waals surface area contributed by atoms with Crippen molar-refractivity contribution >= 4 is 22.0 Å². The summed E-state index contributed by atoms with van der Waals surface area (Å²) in [5.41, 5.74) is 9.31. The molecule has 0 aliphatic heterocycles. The molecule has 0 fully saturated rings. The first-order valence-electron chi connectivity index (χ1n) is 8.45. The first-order valence-corrected chi connectivity index (χ1v) is 9.86. The molecule has 0 aliphatic rings. The van der Waals surface area contributed by atoms with Crippen molar-refractivity contribution in [3.05, 3.63) is 0 Å². The van der Waals surface area contributed by atoms with E-state index in [1.165, 1.54) is 0 Å². The van der Waals surface area contributed by atoms with Gasteiger partial charge in [-0.25, -0.2) is 4.79 Å². The average molecular weight is 628 g/mol. The summed E-state index contributed by atoms with van der Waals surface area (Å²) < 4.78 is 249. The fraction of sp³-hybridized carbons (Fsp3) is 0.846. The van der Waals surface area contributed by atoms with Gasteiger partial charge >= 0.3 is 63.1 Å². The number of alkyl halides is 17. The minimum Gasteiger partial charge on any atom is -0.370 e. The molecule has 4 N–H and O–H groups in total. The van der Waals surface area contributed by atoms with Gasteiger partial charge in [-0.2, -0.15) is 83.1 Å². The summed E-state index contributed by atoms with van der Waals surface area (Å²) in [4.78, 5) is 21.8. The molecule has 1 amide bonds. The highest BCUT2D eigenvalue weighted by Crippen LogP contribution is 2.64. The third-order valence-electron chi connectivity index (χ3n) is 4.20. The second-order valence-corrected chi connectivity index (χ2v) is 8.52. The molecular weight excluding hydrogens is 619 g/mol. The number of primary amides is 1. The van der Waals surface area contributed by atoms with Crippen LogP contribution < -0.4 is 11.5 Å². The molecule has 25 heteroatoms. The Bertz CT molecular complexity index is 1020. The van der Waals surface area contributed by atoms with Crippen molar-refractivity contribution in [1.29, 1.82) is 0 Å². The topological polar surface area (TPSA) is 130 Å². The molecule has 0 aliphatic carbocycles. The van der Waals surface area contributed by atoms with Crippen molar-refractivity contribution in [2.45, 2.75) is 65.8 Å². The van der Waals surface area contributed by atoms with E-state index in [2.05, 4.69) is 9.92 Å². The maximum absolute atomic E-state index is 13.7. The molecule has 0 aromatic heterocycles. The second-order valence-electron chi connectivity index (χ2n) is 6.93. The van der Waals surface area contributed by atoms with Gasteiger partial charge in [-0.3, -0.25) is 4.79 Å². The summed E-state index contributed by atoms with van der Waals surface area (Å²) in [5.74, 6) is -56.9. The maximum atomic E-state index is 13.7. The third-order valence-corrected chi connectivity index (χ3v) is 5.47. The van der Waals surface area contributed by atoms with E-state index in [-0.39, 0.29) is 0 Å². The number of hydrogen-bond donors (Lipinski definition) is 2. The molecule has 1 atom stereocenters. The predicted octanol–water partition coefficient (Wildman–Crippen LogP) is 3.42. The van der Waals surface area contributed by atoms with Crippen LogP contribution in [0.4, 0.5) is 74.6 Å². The van der Waals surface area contributed by atoms with Crippen molar-refractivity contribution in [3.8, 4) is 0 Å². The van der Waals surface area contributed by atoms with E-state index in [9.17, 15) is 92.6 Å². The zero-order valence-electron chi connectivity index (χ0n) is 17.0. The lowest BCUT2D eigenvalue weighted by Gasteiger charge is -2.42. The molecule has 0 saturated carbocycles. The van der Waals surface area contributed by atoms with E-state index in [1.807, 2.05) is 0 Å². The highest BCUT2D eigenvalue weighted by molar-refractivity contribution is 7.88. The Morgan fingerprint density at radius 1 is 0.632 bits per heavy atom. The smallest absolute Gasteiger partial charge is 0.370 e. The Morgan fingerprint density at radius 2 is 0.947 bits per heavy atom. The highest BCUT2D eigenvalue weighted by atomic mass is 32.2. The SMILES string of the molecule is NC(=O)CC[C@H](N)C(=O)OS(=O)(=O)C(F)(F)C(F)(F)C(F)(F)C(F)(F)C(F)(F)C(F)(F)C(F)(F)C(F)(F)F. The van der Waals surface area contributed by atoms with Crippen LogP contribution in [-0.2, 0) is 23.9 Å². The predicted molar refractivity (Wildman–Crippen MR) is 82.1 cm³/mol. The number of halogens is 17. The van der Waals surface area contributed by atoms with Crippen LogP contribution in [0, 0.1) is 0 Å². The summed E-state index contributed by atoms with van der Waals surface area (Å²) in [5, 5.41) is -8.02. The molecule has 38 heavy (non-hydrogen) atoms. The van der Waals surface area contributed by atoms with Gasteiger partial charge < -0.3 is 15.7 Å². The molecule has 226 valence electrons. The molecule has 0 bridgehead atoms. The minimum atomic E-state index is -9.03. The van der Waals surface area contributed by atoms with Gasteiger partial charge in [-0.15, -0.1) is 0 Å². The third kappa shape index (κ3) is 5.13. The van der Waals surface area contributed by atoms with Crippen LogP contribution in [-0.4, -0.2) is 73.3 Å². The number of rotatable bonds is 12. The van der Waals surface area contributed by atoms with Crippen LogP contribution in [0.15, 0.2) is 0 Å². The molecule has 0 heterocycles. The van der Waals surface area contributed by atoms with Crippen molar-refractivity contribution in [1.82, 2.24) is 0 Å². The molecule has 0 spiro atoms. The van der Waals surface area contributed by atoms with Crippen LogP contribution in [0.1, 0.15) is 12.8 Å². The minimum absolute atomic E-state index is 0.987. The van der Waals surface area contributed by atoms with Crippen molar-refractivity contribution < 1.29 is 96.8 Å². The monoisotopic (exact) mass is 628 g/mol. The Morgan fingerprint density at radius 3 is 1.26 bits per heavy atom. The molecule has 0 radical (unpaired) electrons. The zero-order chi connectivity index (χ0) is 31.4. The van der Waals surface area contributed by atoms with Gasteiger partial charge in [-0.1, -0.05) is 0 Å². The normalized spacial score (nSPS) is 16.3. The summed E-state index contributed by atoms with van der Waals surface area (Å²) in [6, 6.07) is -2.59. The van der Waals surface area contributed by atoms with Gasteiger partial charge in [0.1, 0.15) is 6.04 Å². The highest BCUT2D eigenvalue weighted by Gasteiger charge is 2.96. The molecule has 7 nitrogen and oxygen atoms in total. The standard InChI is InChI=1S/C13H9F17N2O5S/c14-6(15,8(18,19)10(22,23)12(26,27)28)7(16,17)9(20,21)11(24,25)13(29,30)38(35,36)37-5(34)3(31)1-2-4(32)33/h3H,1-2,31H2,(H2,32,33)/t3-/m0/s1. The lowest BCUT2D eigenvalue weighted by Crippen LogP contribution is -2.75. The van der Waals surface area contributed by atoms with Crippen LogP contribution in [0.3, 0.4) is 0 Å². The number of carbonyl (C=O) groups excluding carboxylic acids is 2. The van der Waals surface area contributed by atoms with E-state index < -0.39 is 87.8 Å². The van der Waals surface area contributed by atoms with Crippen LogP contribution in [0.25, 0.3) is 0 Å². The van der Waals surface area contributed by atoms with Crippen molar-refractivity contribution in [2.75, 3.05) is 0 Å². The quantitative estimate of drug-likeness (QED) is 0.252. The zero-order valence-corrected chi connectivity index (χ0v) is 17.8. The van der Waals surface area contributed by atoms with Gasteiger partial charge in [0.25, 0.3) is 0 Å². The Hall–Kier alpha value is -2.34. The Balaban J connectivity index is 6.70. The van der Waals surface area contributed by atoms with Crippen molar-refractivity contribution in [2.24, 2.45) is 11.5 Å². The summed E-state index contributed by atoms with van der Waals surface area (Å²) in [7, 11) is -8.08. The van der Waals surface area contributed by atoms with Crippen molar-refractivity contribution in [3.63, 3.8) is 0 Å². The fourth-order valence-electron chi connectivity index (χ4n) is 1.94. The van der Waals surface area contributed by atoms with E-state index in [4.69, 9.17) is 5.73 Å². The first kappa shape index (κ1) is 35.7. The summed E-state index contributed by atoms with van der Waals surface area (Å²) in [6.07, 6.45) is -10.1. The fourth-order valence-corrected chi connectivity index (χ4v) is 2.83. The van der Waals surface area contributed by atoms with Crippen LogP contribution in [0.5, 0.6) is 0 Å². The van der Waals surface area contributed by atoms with Crippen LogP contribution >= 0.6 is 0 Å². The van der Waals surface area contributed by atoms with Gasteiger partial charge in [0.15, 0.2) is 0 Å².